The molecule has 0 bridgehead atoms. The monoisotopic (exact) mass is 326 g/mol. The van der Waals surface area contributed by atoms with E-state index in [2.05, 4.69) is 19.6 Å². The van der Waals surface area contributed by atoms with Gasteiger partial charge in [0.05, 0.1) is 12.4 Å². The largest absolute Gasteiger partial charge is 0.377 e. The molecule has 2 fully saturated rings. The summed E-state index contributed by atoms with van der Waals surface area (Å²) in [4.78, 5) is 10.8. The summed E-state index contributed by atoms with van der Waals surface area (Å²) in [7, 11) is -3.15. The van der Waals surface area contributed by atoms with E-state index in [1.807, 2.05) is 0 Å². The minimum atomic E-state index is -3.15. The number of nitrogens with zero attached hydrogens (tertiary/aromatic N) is 3. The number of rotatable bonds is 5. The van der Waals surface area contributed by atoms with Crippen molar-refractivity contribution in [2.75, 3.05) is 37.4 Å². The summed E-state index contributed by atoms with van der Waals surface area (Å²) in [5, 5.41) is 0. The quantitative estimate of drug-likeness (QED) is 0.843. The van der Waals surface area contributed by atoms with Gasteiger partial charge in [-0.25, -0.2) is 23.1 Å². The van der Waals surface area contributed by atoms with E-state index in [0.717, 1.165) is 44.9 Å². The van der Waals surface area contributed by atoms with Crippen molar-refractivity contribution >= 4 is 16.0 Å². The molecule has 3 rings (SSSR count). The number of nitrogens with one attached hydrogen (secondary N) is 1. The first-order valence-electron chi connectivity index (χ1n) is 7.57. The van der Waals surface area contributed by atoms with Gasteiger partial charge < -0.3 is 9.64 Å². The number of sulfonamides is 1. The number of ether oxygens (including phenoxy) is 1. The van der Waals surface area contributed by atoms with Crippen molar-refractivity contribution in [1.29, 1.82) is 0 Å². The van der Waals surface area contributed by atoms with Gasteiger partial charge >= 0.3 is 0 Å². The van der Waals surface area contributed by atoms with Crippen LogP contribution < -0.4 is 9.62 Å². The molecule has 2 aliphatic rings. The lowest BCUT2D eigenvalue weighted by molar-refractivity contribution is 0.0292. The molecule has 0 spiro atoms. The SMILES string of the molecule is CS(=O)(=O)NCC[C@]12CCO[C@H]1CCN(c1ncccn1)C2. The molecule has 0 unspecified atom stereocenters. The van der Waals surface area contributed by atoms with Crippen LogP contribution in [0.2, 0.25) is 0 Å². The molecule has 7 nitrogen and oxygen atoms in total. The van der Waals surface area contributed by atoms with Crippen molar-refractivity contribution in [3.63, 3.8) is 0 Å². The van der Waals surface area contributed by atoms with E-state index in [1.165, 1.54) is 6.26 Å². The summed E-state index contributed by atoms with van der Waals surface area (Å²) in [6.45, 7) is 2.87. The zero-order valence-electron chi connectivity index (χ0n) is 12.7. The summed E-state index contributed by atoms with van der Waals surface area (Å²) in [6.07, 6.45) is 7.54. The third-order valence-electron chi connectivity index (χ3n) is 4.59. The highest BCUT2D eigenvalue weighted by molar-refractivity contribution is 7.88. The summed E-state index contributed by atoms with van der Waals surface area (Å²) in [5.41, 5.74) is -0.0187. The second-order valence-corrected chi connectivity index (χ2v) is 7.98. The lowest BCUT2D eigenvalue weighted by atomic mass is 9.74. The first-order chi connectivity index (χ1) is 10.5. The highest BCUT2D eigenvalue weighted by Gasteiger charge is 2.47. The third-order valence-corrected chi connectivity index (χ3v) is 5.32. The topological polar surface area (TPSA) is 84.4 Å². The van der Waals surface area contributed by atoms with E-state index in [9.17, 15) is 8.42 Å². The van der Waals surface area contributed by atoms with Crippen molar-refractivity contribution < 1.29 is 13.2 Å². The first-order valence-corrected chi connectivity index (χ1v) is 9.46. The van der Waals surface area contributed by atoms with Crippen molar-refractivity contribution in [2.45, 2.75) is 25.4 Å². The fourth-order valence-electron chi connectivity index (χ4n) is 3.52. The second kappa shape index (κ2) is 6.10. The fraction of sp³-hybridized carbons (Fsp3) is 0.714. The predicted octanol–water partition coefficient (Wildman–Crippen LogP) is 0.401. The zero-order valence-corrected chi connectivity index (χ0v) is 13.6. The van der Waals surface area contributed by atoms with Gasteiger partial charge in [-0.2, -0.15) is 0 Å². The Labute approximate surface area is 131 Å². The van der Waals surface area contributed by atoms with E-state index in [1.54, 1.807) is 18.5 Å². The Morgan fingerprint density at radius 1 is 1.45 bits per heavy atom. The highest BCUT2D eigenvalue weighted by atomic mass is 32.2. The van der Waals surface area contributed by atoms with E-state index in [-0.39, 0.29) is 11.5 Å². The molecule has 3 heterocycles. The first kappa shape index (κ1) is 15.6. The smallest absolute Gasteiger partial charge is 0.225 e. The standard InChI is InChI=1S/C14H22N4O3S/c1-22(19,20)17-8-4-14-5-10-21-12(14)3-9-18(11-14)13-15-6-2-7-16-13/h2,6-7,12,17H,3-5,8-11H2,1H3/t12-,14+/m0/s1. The van der Waals surface area contributed by atoms with Gasteiger partial charge in [0.1, 0.15) is 0 Å². The average molecular weight is 326 g/mol. The van der Waals surface area contributed by atoms with Gasteiger partial charge in [-0.15, -0.1) is 0 Å². The maximum absolute atomic E-state index is 11.3. The second-order valence-electron chi connectivity index (χ2n) is 6.15. The molecule has 0 amide bonds. The number of hydrogen-bond acceptors (Lipinski definition) is 6. The Morgan fingerprint density at radius 2 is 2.23 bits per heavy atom. The van der Waals surface area contributed by atoms with Gasteiger partial charge in [-0.3, -0.25) is 0 Å². The highest BCUT2D eigenvalue weighted by Crippen LogP contribution is 2.43. The summed E-state index contributed by atoms with van der Waals surface area (Å²) >= 11 is 0. The molecular formula is C14H22N4O3S. The number of anilines is 1. The van der Waals surface area contributed by atoms with E-state index < -0.39 is 10.0 Å². The average Bonchev–Trinajstić information content (AvgIpc) is 2.89. The van der Waals surface area contributed by atoms with Crippen molar-refractivity contribution in [1.82, 2.24) is 14.7 Å². The van der Waals surface area contributed by atoms with Crippen LogP contribution in [0.1, 0.15) is 19.3 Å². The number of piperidine rings is 1. The predicted molar refractivity (Wildman–Crippen MR) is 83.1 cm³/mol. The zero-order chi connectivity index (χ0) is 15.6. The molecule has 8 heteroatoms. The Balaban J connectivity index is 1.71. The maximum atomic E-state index is 11.3. The molecule has 0 saturated carbocycles. The maximum Gasteiger partial charge on any atom is 0.225 e. The van der Waals surface area contributed by atoms with Crippen LogP contribution in [0, 0.1) is 5.41 Å². The molecule has 2 saturated heterocycles. The molecule has 0 aliphatic carbocycles. The van der Waals surface area contributed by atoms with Gasteiger partial charge in [-0.05, 0) is 25.3 Å². The lowest BCUT2D eigenvalue weighted by Crippen LogP contribution is -2.51. The molecule has 0 radical (unpaired) electrons. The Hall–Kier alpha value is -1.25. The molecule has 2 atom stereocenters. The van der Waals surface area contributed by atoms with Gasteiger partial charge in [0.2, 0.25) is 16.0 Å². The molecule has 2 aliphatic heterocycles. The van der Waals surface area contributed by atoms with Gasteiger partial charge in [0, 0.05) is 44.0 Å². The van der Waals surface area contributed by atoms with E-state index in [0.29, 0.717) is 6.54 Å². The van der Waals surface area contributed by atoms with Gasteiger partial charge in [0.25, 0.3) is 0 Å². The van der Waals surface area contributed by atoms with Crippen molar-refractivity contribution in [2.24, 2.45) is 5.41 Å². The number of aromatic nitrogens is 2. The molecule has 1 aromatic rings. The van der Waals surface area contributed by atoms with Crippen LogP contribution in [0.4, 0.5) is 5.95 Å². The van der Waals surface area contributed by atoms with Crippen LogP contribution in [0.3, 0.4) is 0 Å². The molecule has 0 aromatic carbocycles. The summed E-state index contributed by atoms with van der Waals surface area (Å²) in [5.74, 6) is 0.739. The van der Waals surface area contributed by atoms with Crippen LogP contribution in [0.25, 0.3) is 0 Å². The van der Waals surface area contributed by atoms with Crippen LogP contribution in [0.15, 0.2) is 18.5 Å². The van der Waals surface area contributed by atoms with Gasteiger partial charge in [-0.1, -0.05) is 0 Å². The Bertz CT molecular complexity index is 610. The van der Waals surface area contributed by atoms with Crippen LogP contribution >= 0.6 is 0 Å². The normalized spacial score (nSPS) is 28.6. The number of fused-ring (bicyclic) bond motifs is 1. The van der Waals surface area contributed by atoms with Crippen LogP contribution in [-0.4, -0.2) is 57.0 Å². The van der Waals surface area contributed by atoms with Crippen LogP contribution in [0.5, 0.6) is 0 Å². The van der Waals surface area contributed by atoms with E-state index in [4.69, 9.17) is 4.74 Å². The minimum absolute atomic E-state index is 0.0187. The molecule has 1 N–H and O–H groups in total. The molecular weight excluding hydrogens is 304 g/mol. The number of hydrogen-bond donors (Lipinski definition) is 1. The van der Waals surface area contributed by atoms with Crippen molar-refractivity contribution in [3.05, 3.63) is 18.5 Å². The minimum Gasteiger partial charge on any atom is -0.377 e. The lowest BCUT2D eigenvalue weighted by Gasteiger charge is -2.43. The van der Waals surface area contributed by atoms with Crippen molar-refractivity contribution in [3.8, 4) is 0 Å². The third kappa shape index (κ3) is 3.39. The Kier molecular flexibility index (Phi) is 4.33. The molecule has 122 valence electrons. The Morgan fingerprint density at radius 3 is 2.95 bits per heavy atom. The summed E-state index contributed by atoms with van der Waals surface area (Å²) < 4.78 is 31.0. The summed E-state index contributed by atoms with van der Waals surface area (Å²) in [6, 6.07) is 1.81. The van der Waals surface area contributed by atoms with Crippen LogP contribution in [-0.2, 0) is 14.8 Å². The van der Waals surface area contributed by atoms with E-state index >= 15 is 0 Å². The molecule has 1 aromatic heterocycles. The fourth-order valence-corrected chi connectivity index (χ4v) is 3.99. The molecule has 22 heavy (non-hydrogen) atoms. The van der Waals surface area contributed by atoms with Gasteiger partial charge in [0.15, 0.2) is 0 Å².